The van der Waals surface area contributed by atoms with Crippen LogP contribution in [0.15, 0.2) is 54.6 Å². The van der Waals surface area contributed by atoms with Gasteiger partial charge in [0.15, 0.2) is 0 Å². The van der Waals surface area contributed by atoms with Crippen LogP contribution in [-0.2, 0) is 10.3 Å². The lowest BCUT2D eigenvalue weighted by Gasteiger charge is -2.44. The van der Waals surface area contributed by atoms with Gasteiger partial charge in [-0.2, -0.15) is 0 Å². The Morgan fingerprint density at radius 2 is 1.83 bits per heavy atom. The predicted molar refractivity (Wildman–Crippen MR) is 113 cm³/mol. The Balaban J connectivity index is 1.80. The van der Waals surface area contributed by atoms with E-state index in [0.717, 1.165) is 16.9 Å². The summed E-state index contributed by atoms with van der Waals surface area (Å²) in [5.74, 6) is 0.789. The van der Waals surface area contributed by atoms with Gasteiger partial charge in [-0.1, -0.05) is 42.5 Å². The van der Waals surface area contributed by atoms with Crippen molar-refractivity contribution in [2.75, 3.05) is 13.7 Å². The Labute approximate surface area is 173 Å². The van der Waals surface area contributed by atoms with Crippen LogP contribution in [0.1, 0.15) is 57.2 Å². The van der Waals surface area contributed by atoms with Gasteiger partial charge >= 0.3 is 6.09 Å². The Morgan fingerprint density at radius 3 is 2.38 bits per heavy atom. The number of aliphatic hydroxyl groups is 1. The lowest BCUT2D eigenvalue weighted by atomic mass is 9.82. The molecule has 0 saturated carbocycles. The molecule has 5 heteroatoms. The van der Waals surface area contributed by atoms with Gasteiger partial charge in [0.2, 0.25) is 0 Å². The van der Waals surface area contributed by atoms with Crippen LogP contribution >= 0.6 is 0 Å². The molecule has 3 rings (SSSR count). The lowest BCUT2D eigenvalue weighted by molar-refractivity contribution is -0.0767. The third-order valence-electron chi connectivity index (χ3n) is 5.78. The molecule has 29 heavy (non-hydrogen) atoms. The first-order valence-electron chi connectivity index (χ1n) is 10.2. The van der Waals surface area contributed by atoms with Gasteiger partial charge < -0.3 is 19.5 Å². The van der Waals surface area contributed by atoms with Gasteiger partial charge in [0, 0.05) is 13.0 Å². The summed E-state index contributed by atoms with van der Waals surface area (Å²) < 4.78 is 11.3. The molecular weight excluding hydrogens is 366 g/mol. The fraction of sp³-hybridized carbons (Fsp3) is 0.458. The zero-order chi connectivity index (χ0) is 21.1. The van der Waals surface area contributed by atoms with Crippen molar-refractivity contribution in [3.05, 3.63) is 65.7 Å². The average Bonchev–Trinajstić information content (AvgIpc) is 2.72. The van der Waals surface area contributed by atoms with E-state index in [1.54, 1.807) is 25.9 Å². The first kappa shape index (κ1) is 21.2. The fourth-order valence-corrected chi connectivity index (χ4v) is 3.86. The highest BCUT2D eigenvalue weighted by Gasteiger charge is 2.44. The largest absolute Gasteiger partial charge is 0.497 e. The third-order valence-corrected chi connectivity index (χ3v) is 5.78. The van der Waals surface area contributed by atoms with Crippen LogP contribution in [0.3, 0.4) is 0 Å². The van der Waals surface area contributed by atoms with E-state index in [9.17, 15) is 9.90 Å². The maximum Gasteiger partial charge on any atom is 0.411 e. The number of carbonyl (C=O) groups excluding carboxylic acids is 1. The molecular formula is C24H31NO4. The minimum Gasteiger partial charge on any atom is -0.497 e. The van der Waals surface area contributed by atoms with Gasteiger partial charge in [-0.25, -0.2) is 4.79 Å². The zero-order valence-corrected chi connectivity index (χ0v) is 17.7. The highest BCUT2D eigenvalue weighted by Crippen LogP contribution is 2.41. The molecule has 0 spiro atoms. The SMILES string of the molecule is COc1ccc([C@H](C)N2CCC(CCC(C)(C)O)(c3ccccc3)OC2=O)cc1. The molecule has 0 bridgehead atoms. The standard InChI is InChI=1S/C24H31NO4/c1-18(19-10-12-21(28-4)13-11-19)25-17-16-24(29-22(25)26,15-14-23(2,3)27)20-8-6-5-7-9-20/h5-13,18,27H,14-17H2,1-4H3/t18-,24?/m0/s1. The number of amides is 1. The molecule has 2 aromatic rings. The molecule has 156 valence electrons. The molecule has 1 heterocycles. The lowest BCUT2D eigenvalue weighted by Crippen LogP contribution is -2.49. The molecule has 0 radical (unpaired) electrons. The first-order valence-corrected chi connectivity index (χ1v) is 10.2. The summed E-state index contributed by atoms with van der Waals surface area (Å²) in [6.45, 7) is 6.17. The van der Waals surface area contributed by atoms with E-state index in [-0.39, 0.29) is 12.1 Å². The van der Waals surface area contributed by atoms with Gasteiger partial charge in [0.25, 0.3) is 0 Å². The van der Waals surface area contributed by atoms with Crippen molar-refractivity contribution in [2.24, 2.45) is 0 Å². The van der Waals surface area contributed by atoms with Crippen molar-refractivity contribution in [1.29, 1.82) is 0 Å². The maximum atomic E-state index is 13.1. The second-order valence-electron chi connectivity index (χ2n) is 8.43. The van der Waals surface area contributed by atoms with Crippen LogP contribution < -0.4 is 4.74 Å². The number of hydrogen-bond donors (Lipinski definition) is 1. The topological polar surface area (TPSA) is 59.0 Å². The maximum absolute atomic E-state index is 13.1. The van der Waals surface area contributed by atoms with E-state index >= 15 is 0 Å². The van der Waals surface area contributed by atoms with Crippen LogP contribution in [-0.4, -0.2) is 35.4 Å². The molecule has 2 aromatic carbocycles. The Bertz CT molecular complexity index is 813. The monoisotopic (exact) mass is 397 g/mol. The summed E-state index contributed by atoms with van der Waals surface area (Å²) in [5, 5.41) is 10.2. The average molecular weight is 398 g/mol. The van der Waals surface area contributed by atoms with E-state index in [1.165, 1.54) is 0 Å². The second kappa shape index (κ2) is 8.46. The van der Waals surface area contributed by atoms with Gasteiger partial charge in [0.05, 0.1) is 18.8 Å². The van der Waals surface area contributed by atoms with Crippen molar-refractivity contribution < 1.29 is 19.4 Å². The molecule has 1 aliphatic heterocycles. The van der Waals surface area contributed by atoms with E-state index in [4.69, 9.17) is 9.47 Å². The van der Waals surface area contributed by atoms with Gasteiger partial charge in [-0.15, -0.1) is 0 Å². The summed E-state index contributed by atoms with van der Waals surface area (Å²) in [6, 6.07) is 17.5. The zero-order valence-electron chi connectivity index (χ0n) is 17.7. The number of hydrogen-bond acceptors (Lipinski definition) is 4. The predicted octanol–water partition coefficient (Wildman–Crippen LogP) is 5.05. The van der Waals surface area contributed by atoms with Crippen LogP contribution in [0.5, 0.6) is 5.75 Å². The van der Waals surface area contributed by atoms with E-state index in [1.807, 2.05) is 61.5 Å². The molecule has 2 atom stereocenters. The van der Waals surface area contributed by atoms with Gasteiger partial charge in [-0.3, -0.25) is 0 Å². The summed E-state index contributed by atoms with van der Waals surface area (Å²) in [7, 11) is 1.64. The van der Waals surface area contributed by atoms with E-state index in [0.29, 0.717) is 25.8 Å². The van der Waals surface area contributed by atoms with Gasteiger partial charge in [0.1, 0.15) is 11.4 Å². The minimum atomic E-state index is -0.818. The summed E-state index contributed by atoms with van der Waals surface area (Å²) in [6.07, 6.45) is 1.48. The molecule has 1 fully saturated rings. The number of cyclic esters (lactones) is 1. The van der Waals surface area contributed by atoms with Crippen molar-refractivity contribution >= 4 is 6.09 Å². The molecule has 1 N–H and O–H groups in total. The van der Waals surface area contributed by atoms with Crippen molar-refractivity contribution in [1.82, 2.24) is 4.90 Å². The minimum absolute atomic E-state index is 0.100. The van der Waals surface area contributed by atoms with Crippen molar-refractivity contribution in [3.8, 4) is 5.75 Å². The Kier molecular flexibility index (Phi) is 6.18. The van der Waals surface area contributed by atoms with Crippen molar-refractivity contribution in [2.45, 2.75) is 57.3 Å². The summed E-state index contributed by atoms with van der Waals surface area (Å²) in [4.78, 5) is 14.8. The number of nitrogens with zero attached hydrogens (tertiary/aromatic N) is 1. The number of carbonyl (C=O) groups is 1. The van der Waals surface area contributed by atoms with E-state index in [2.05, 4.69) is 0 Å². The normalized spacial score (nSPS) is 20.9. The summed E-state index contributed by atoms with van der Waals surface area (Å²) in [5.41, 5.74) is 0.483. The third kappa shape index (κ3) is 4.91. The van der Waals surface area contributed by atoms with Crippen LogP contribution in [0, 0.1) is 0 Å². The molecule has 1 saturated heterocycles. The molecule has 1 amide bonds. The fourth-order valence-electron chi connectivity index (χ4n) is 3.86. The van der Waals surface area contributed by atoms with Crippen LogP contribution in [0.2, 0.25) is 0 Å². The second-order valence-corrected chi connectivity index (χ2v) is 8.43. The van der Waals surface area contributed by atoms with Gasteiger partial charge in [-0.05, 0) is 56.9 Å². The highest BCUT2D eigenvalue weighted by molar-refractivity contribution is 5.70. The highest BCUT2D eigenvalue weighted by atomic mass is 16.6. The van der Waals surface area contributed by atoms with Crippen LogP contribution in [0.25, 0.3) is 0 Å². The molecule has 5 nitrogen and oxygen atoms in total. The number of benzene rings is 2. The quantitative estimate of drug-likeness (QED) is 0.711. The summed E-state index contributed by atoms with van der Waals surface area (Å²) >= 11 is 0. The molecule has 1 aliphatic rings. The Morgan fingerprint density at radius 1 is 1.17 bits per heavy atom. The Hall–Kier alpha value is -2.53. The molecule has 1 unspecified atom stereocenters. The van der Waals surface area contributed by atoms with Crippen LogP contribution in [0.4, 0.5) is 4.79 Å². The number of methoxy groups -OCH3 is 1. The number of rotatable bonds is 7. The molecule has 0 aromatic heterocycles. The first-order chi connectivity index (χ1) is 13.7. The molecule has 0 aliphatic carbocycles. The van der Waals surface area contributed by atoms with E-state index < -0.39 is 11.2 Å². The smallest absolute Gasteiger partial charge is 0.411 e. The number of ether oxygens (including phenoxy) is 2. The van der Waals surface area contributed by atoms with Crippen molar-refractivity contribution in [3.63, 3.8) is 0 Å².